The molecule has 2 aliphatic rings. The van der Waals surface area contributed by atoms with Crippen molar-refractivity contribution < 1.29 is 14.3 Å². The lowest BCUT2D eigenvalue weighted by Crippen LogP contribution is -2.41. The minimum atomic E-state index is -0.439. The van der Waals surface area contributed by atoms with Crippen LogP contribution in [0.3, 0.4) is 0 Å². The molecule has 4 N–H and O–H groups in total. The average molecular weight is 430 g/mol. The number of carbonyl (C=O) groups is 1. The summed E-state index contributed by atoms with van der Waals surface area (Å²) in [4.78, 5) is 12.7. The van der Waals surface area contributed by atoms with E-state index in [9.17, 15) is 4.79 Å². The number of ether oxygens (including phenoxy) is 2. The molecule has 1 saturated carbocycles. The van der Waals surface area contributed by atoms with Crippen molar-refractivity contribution in [2.24, 2.45) is 5.73 Å². The Kier molecular flexibility index (Phi) is 8.64. The van der Waals surface area contributed by atoms with Gasteiger partial charge in [0.15, 0.2) is 6.10 Å². The first kappa shape index (κ1) is 23.5. The van der Waals surface area contributed by atoms with Crippen LogP contribution in [0.2, 0.25) is 0 Å². The first-order chi connectivity index (χ1) is 15.0. The summed E-state index contributed by atoms with van der Waals surface area (Å²) in [5, 5.41) is 6.50. The largest absolute Gasteiger partial charge is 0.493 e. The molecule has 2 atom stereocenters. The maximum absolute atomic E-state index is 12.7. The molecule has 1 aliphatic carbocycles. The summed E-state index contributed by atoms with van der Waals surface area (Å²) in [6.07, 6.45) is 7.15. The molecule has 6 heteroatoms. The van der Waals surface area contributed by atoms with E-state index < -0.39 is 6.10 Å². The van der Waals surface area contributed by atoms with Crippen LogP contribution >= 0.6 is 0 Å². The quantitative estimate of drug-likeness (QED) is 0.442. The predicted molar refractivity (Wildman–Crippen MR) is 124 cm³/mol. The van der Waals surface area contributed by atoms with Gasteiger partial charge in [0, 0.05) is 30.4 Å². The van der Waals surface area contributed by atoms with Gasteiger partial charge in [0.2, 0.25) is 0 Å². The number of benzene rings is 1. The molecule has 2 unspecified atom stereocenters. The van der Waals surface area contributed by atoms with E-state index in [0.29, 0.717) is 19.6 Å². The van der Waals surface area contributed by atoms with Gasteiger partial charge in [-0.3, -0.25) is 4.79 Å². The number of rotatable bonds is 12. The molecule has 1 heterocycles. The van der Waals surface area contributed by atoms with Crippen LogP contribution in [0.4, 0.5) is 0 Å². The molecule has 0 aromatic heterocycles. The van der Waals surface area contributed by atoms with E-state index in [1.54, 1.807) is 0 Å². The number of amides is 1. The second-order valence-electron chi connectivity index (χ2n) is 8.65. The van der Waals surface area contributed by atoms with Crippen molar-refractivity contribution in [3.05, 3.63) is 34.5 Å². The van der Waals surface area contributed by atoms with Gasteiger partial charge in [0.25, 0.3) is 5.91 Å². The number of hydrogen-bond donors (Lipinski definition) is 3. The molecule has 1 amide bonds. The minimum absolute atomic E-state index is 0.0269. The van der Waals surface area contributed by atoms with Gasteiger partial charge in [-0.05, 0) is 69.1 Å². The van der Waals surface area contributed by atoms with Crippen molar-refractivity contribution in [2.45, 2.75) is 84.3 Å². The summed E-state index contributed by atoms with van der Waals surface area (Å²) in [6, 6.07) is 4.19. The number of hydrogen-bond acceptors (Lipinski definition) is 5. The lowest BCUT2D eigenvalue weighted by atomic mass is 9.96. The van der Waals surface area contributed by atoms with E-state index in [-0.39, 0.29) is 11.9 Å². The van der Waals surface area contributed by atoms with Crippen LogP contribution in [0.5, 0.6) is 11.5 Å². The van der Waals surface area contributed by atoms with Crippen LogP contribution in [-0.2, 0) is 17.6 Å². The molecule has 0 radical (unpaired) electrons. The third kappa shape index (κ3) is 6.39. The Bertz CT molecular complexity index is 782. The molecular weight excluding hydrogens is 390 g/mol. The second-order valence-corrected chi connectivity index (χ2v) is 8.65. The van der Waals surface area contributed by atoms with Gasteiger partial charge < -0.3 is 25.8 Å². The molecule has 172 valence electrons. The summed E-state index contributed by atoms with van der Waals surface area (Å²) >= 11 is 0. The van der Waals surface area contributed by atoms with Gasteiger partial charge in [-0.2, -0.15) is 0 Å². The topological polar surface area (TPSA) is 85.6 Å². The Balaban J connectivity index is 1.52. The molecular formula is C25H39N3O3. The van der Waals surface area contributed by atoms with Crippen LogP contribution in [0.1, 0.15) is 70.4 Å². The lowest BCUT2D eigenvalue weighted by Gasteiger charge is -2.28. The highest BCUT2D eigenvalue weighted by molar-refractivity contribution is 5.81. The number of fused-ring (bicyclic) bond motifs is 1. The second kappa shape index (κ2) is 11.4. The SMILES string of the molecule is CCCOc1ccc2c(c1CCC)OC(C(=O)NCCCNC(=C1CC1)C(C)N)CC2. The summed E-state index contributed by atoms with van der Waals surface area (Å²) < 4.78 is 12.2. The predicted octanol–water partition coefficient (Wildman–Crippen LogP) is 3.61. The van der Waals surface area contributed by atoms with Crippen LogP contribution in [0.25, 0.3) is 0 Å². The zero-order valence-corrected chi connectivity index (χ0v) is 19.4. The van der Waals surface area contributed by atoms with E-state index in [0.717, 1.165) is 68.6 Å². The lowest BCUT2D eigenvalue weighted by molar-refractivity contribution is -0.128. The van der Waals surface area contributed by atoms with Crippen molar-refractivity contribution in [3.8, 4) is 11.5 Å². The zero-order chi connectivity index (χ0) is 22.2. The van der Waals surface area contributed by atoms with E-state index >= 15 is 0 Å². The molecule has 0 saturated heterocycles. The third-order valence-electron chi connectivity index (χ3n) is 5.79. The summed E-state index contributed by atoms with van der Waals surface area (Å²) in [7, 11) is 0. The van der Waals surface area contributed by atoms with Gasteiger partial charge in [-0.25, -0.2) is 0 Å². The fourth-order valence-electron chi connectivity index (χ4n) is 4.08. The highest BCUT2D eigenvalue weighted by atomic mass is 16.5. The Labute approximate surface area is 186 Å². The monoisotopic (exact) mass is 429 g/mol. The average Bonchev–Trinajstić information content (AvgIpc) is 3.60. The van der Waals surface area contributed by atoms with E-state index in [1.807, 2.05) is 6.92 Å². The standard InChI is InChI=1S/C25H39N3O3/c1-4-7-20-21(30-16-5-2)12-10-19-11-13-22(31-24(19)20)25(29)28-15-6-14-27-23(17(3)26)18-8-9-18/h10,12,17,22,27H,4-9,11,13-16,26H2,1-3H3,(H,28,29). The molecule has 1 aromatic carbocycles. The van der Waals surface area contributed by atoms with Gasteiger partial charge in [0.05, 0.1) is 6.61 Å². The van der Waals surface area contributed by atoms with E-state index in [2.05, 4.69) is 36.6 Å². The van der Waals surface area contributed by atoms with Gasteiger partial charge in [0.1, 0.15) is 11.5 Å². The molecule has 31 heavy (non-hydrogen) atoms. The number of aryl methyl sites for hydroxylation is 1. The third-order valence-corrected chi connectivity index (χ3v) is 5.79. The van der Waals surface area contributed by atoms with E-state index in [4.69, 9.17) is 15.2 Å². The number of allylic oxidation sites excluding steroid dienone is 1. The van der Waals surface area contributed by atoms with Gasteiger partial charge in [-0.1, -0.05) is 26.3 Å². The highest BCUT2D eigenvalue weighted by Gasteiger charge is 2.29. The first-order valence-corrected chi connectivity index (χ1v) is 12.0. The molecule has 1 aliphatic heterocycles. The smallest absolute Gasteiger partial charge is 0.261 e. The van der Waals surface area contributed by atoms with Crippen molar-refractivity contribution >= 4 is 5.91 Å². The minimum Gasteiger partial charge on any atom is -0.493 e. The first-order valence-electron chi connectivity index (χ1n) is 12.0. The number of nitrogens with one attached hydrogen (secondary N) is 2. The fourth-order valence-corrected chi connectivity index (χ4v) is 4.08. The number of nitrogens with two attached hydrogens (primary N) is 1. The van der Waals surface area contributed by atoms with Crippen LogP contribution < -0.4 is 25.8 Å². The van der Waals surface area contributed by atoms with Crippen molar-refractivity contribution in [2.75, 3.05) is 19.7 Å². The van der Waals surface area contributed by atoms with Crippen LogP contribution in [-0.4, -0.2) is 37.7 Å². The van der Waals surface area contributed by atoms with Crippen molar-refractivity contribution in [1.29, 1.82) is 0 Å². The Hall–Kier alpha value is -2.21. The zero-order valence-electron chi connectivity index (χ0n) is 19.4. The Morgan fingerprint density at radius 3 is 2.65 bits per heavy atom. The highest BCUT2D eigenvalue weighted by Crippen LogP contribution is 2.38. The number of carbonyl (C=O) groups excluding carboxylic acids is 1. The summed E-state index contributed by atoms with van der Waals surface area (Å²) in [5.74, 6) is 1.73. The Morgan fingerprint density at radius 2 is 1.97 bits per heavy atom. The van der Waals surface area contributed by atoms with Crippen LogP contribution in [0, 0.1) is 0 Å². The molecule has 1 aromatic rings. The summed E-state index contributed by atoms with van der Waals surface area (Å²) in [6.45, 7) is 8.40. The normalized spacial score (nSPS) is 17.9. The summed E-state index contributed by atoms with van der Waals surface area (Å²) in [5.41, 5.74) is 10.9. The molecule has 6 nitrogen and oxygen atoms in total. The molecule has 0 bridgehead atoms. The fraction of sp³-hybridized carbons (Fsp3) is 0.640. The van der Waals surface area contributed by atoms with Crippen molar-refractivity contribution in [1.82, 2.24) is 10.6 Å². The molecule has 1 fully saturated rings. The molecule has 0 spiro atoms. The van der Waals surface area contributed by atoms with Gasteiger partial charge >= 0.3 is 0 Å². The maximum Gasteiger partial charge on any atom is 0.261 e. The van der Waals surface area contributed by atoms with Crippen LogP contribution in [0.15, 0.2) is 23.4 Å². The Morgan fingerprint density at radius 1 is 1.19 bits per heavy atom. The van der Waals surface area contributed by atoms with Crippen molar-refractivity contribution in [3.63, 3.8) is 0 Å². The van der Waals surface area contributed by atoms with E-state index in [1.165, 1.54) is 16.8 Å². The molecule has 3 rings (SSSR count). The van der Waals surface area contributed by atoms with Gasteiger partial charge in [-0.15, -0.1) is 0 Å². The maximum atomic E-state index is 12.7.